The van der Waals surface area contributed by atoms with Crippen LogP contribution in [-0.4, -0.2) is 44.4 Å². The number of nitrogens with one attached hydrogen (secondary N) is 1. The molecule has 0 bridgehead atoms. The summed E-state index contributed by atoms with van der Waals surface area (Å²) in [4.78, 5) is 12.8. The number of piperidine rings is 1. The molecule has 3 rings (SSSR count). The Morgan fingerprint density at radius 3 is 2.55 bits per heavy atom. The minimum absolute atomic E-state index is 0.163. The first-order valence-electron chi connectivity index (χ1n) is 9.97. The Kier molecular flexibility index (Phi) is 6.92. The molecule has 1 aliphatic rings. The van der Waals surface area contributed by atoms with E-state index in [0.29, 0.717) is 25.3 Å². The van der Waals surface area contributed by atoms with Gasteiger partial charge >= 0.3 is 0 Å². The second-order valence-electron chi connectivity index (χ2n) is 7.44. The number of ether oxygens (including phenoxy) is 1. The van der Waals surface area contributed by atoms with Gasteiger partial charge < -0.3 is 10.1 Å². The average molecular weight is 417 g/mol. The van der Waals surface area contributed by atoms with Crippen molar-refractivity contribution in [1.29, 1.82) is 0 Å². The lowest BCUT2D eigenvalue weighted by Gasteiger charge is -2.26. The van der Waals surface area contributed by atoms with Gasteiger partial charge in [0.25, 0.3) is 5.91 Å². The van der Waals surface area contributed by atoms with Crippen molar-refractivity contribution in [3.05, 3.63) is 59.7 Å². The highest BCUT2D eigenvalue weighted by Gasteiger charge is 2.26. The highest BCUT2D eigenvalue weighted by Crippen LogP contribution is 2.21. The summed E-state index contributed by atoms with van der Waals surface area (Å²) in [7, 11) is -3.57. The van der Waals surface area contributed by atoms with Crippen LogP contribution in [0.5, 0.6) is 5.75 Å². The van der Waals surface area contributed by atoms with Gasteiger partial charge in [-0.1, -0.05) is 30.7 Å². The van der Waals surface area contributed by atoms with Gasteiger partial charge in [0.05, 0.1) is 10.9 Å². The number of carbonyl (C=O) groups excluding carboxylic acids is 1. The highest BCUT2D eigenvalue weighted by atomic mass is 32.2. The third-order valence-corrected chi connectivity index (χ3v) is 6.90. The molecule has 1 N–H and O–H groups in total. The van der Waals surface area contributed by atoms with Gasteiger partial charge in [0.2, 0.25) is 10.0 Å². The fraction of sp³-hybridized carbons (Fsp3) is 0.409. The van der Waals surface area contributed by atoms with Crippen LogP contribution >= 0.6 is 0 Å². The molecule has 1 saturated heterocycles. The average Bonchev–Trinajstić information content (AvgIpc) is 2.74. The summed E-state index contributed by atoms with van der Waals surface area (Å²) < 4.78 is 33.0. The van der Waals surface area contributed by atoms with E-state index in [1.54, 1.807) is 18.2 Å². The van der Waals surface area contributed by atoms with E-state index in [1.807, 2.05) is 38.1 Å². The molecule has 1 aliphatic heterocycles. The van der Waals surface area contributed by atoms with Gasteiger partial charge in [0.15, 0.2) is 0 Å². The number of aryl methyl sites for hydroxylation is 1. The molecule has 6 nitrogen and oxygen atoms in total. The molecule has 0 radical (unpaired) electrons. The lowest BCUT2D eigenvalue weighted by Crippen LogP contribution is -2.37. The van der Waals surface area contributed by atoms with Crippen molar-refractivity contribution in [3.8, 4) is 5.75 Å². The molecular formula is C22H28N2O4S. The number of amides is 1. The largest absolute Gasteiger partial charge is 0.491 e. The zero-order chi connectivity index (χ0) is 20.9. The Morgan fingerprint density at radius 1 is 1.10 bits per heavy atom. The Morgan fingerprint density at radius 2 is 1.83 bits per heavy atom. The summed E-state index contributed by atoms with van der Waals surface area (Å²) in [6.07, 6.45) is 2.80. The number of benzene rings is 2. The van der Waals surface area contributed by atoms with Gasteiger partial charge in [-0.15, -0.1) is 0 Å². The van der Waals surface area contributed by atoms with Gasteiger partial charge in [0.1, 0.15) is 12.4 Å². The molecular weight excluding hydrogens is 388 g/mol. The third kappa shape index (κ3) is 5.36. The standard InChI is InChI=1S/C22H28N2O4S/c1-17-9-4-5-12-21(17)28-16-18(2)23-22(25)19-10-8-11-20(15-19)29(26,27)24-13-6-3-7-14-24/h4-5,8-12,15,18H,3,6-7,13-14,16H2,1-2H3,(H,23,25)/t18-/m1/s1. The molecule has 0 spiro atoms. The SMILES string of the molecule is Cc1ccccc1OC[C@@H](C)NC(=O)c1cccc(S(=O)(=O)N2CCCCC2)c1. The number of sulfonamides is 1. The monoisotopic (exact) mass is 416 g/mol. The van der Waals surface area contributed by atoms with E-state index in [-0.39, 0.29) is 16.8 Å². The van der Waals surface area contributed by atoms with Crippen LogP contribution in [0.3, 0.4) is 0 Å². The summed E-state index contributed by atoms with van der Waals surface area (Å²) in [6.45, 7) is 5.21. The van der Waals surface area contributed by atoms with Crippen molar-refractivity contribution < 1.29 is 17.9 Å². The Labute approximate surface area is 172 Å². The second-order valence-corrected chi connectivity index (χ2v) is 9.38. The predicted octanol–water partition coefficient (Wildman–Crippen LogP) is 3.37. The first-order chi connectivity index (χ1) is 13.9. The van der Waals surface area contributed by atoms with Crippen LogP contribution in [-0.2, 0) is 10.0 Å². The zero-order valence-corrected chi connectivity index (χ0v) is 17.7. The van der Waals surface area contributed by atoms with Crippen LogP contribution in [0.2, 0.25) is 0 Å². The van der Waals surface area contributed by atoms with E-state index in [9.17, 15) is 13.2 Å². The van der Waals surface area contributed by atoms with E-state index < -0.39 is 10.0 Å². The predicted molar refractivity (Wildman–Crippen MR) is 113 cm³/mol. The van der Waals surface area contributed by atoms with Gasteiger partial charge in [0, 0.05) is 18.7 Å². The Bertz CT molecular complexity index is 953. The quantitative estimate of drug-likeness (QED) is 0.751. The molecule has 0 unspecified atom stereocenters. The number of para-hydroxylation sites is 1. The van der Waals surface area contributed by atoms with Crippen LogP contribution in [0.25, 0.3) is 0 Å². The molecule has 156 valence electrons. The van der Waals surface area contributed by atoms with Gasteiger partial charge in [-0.25, -0.2) is 8.42 Å². The highest BCUT2D eigenvalue weighted by molar-refractivity contribution is 7.89. The van der Waals surface area contributed by atoms with E-state index in [0.717, 1.165) is 30.6 Å². The maximum absolute atomic E-state index is 12.8. The number of hydrogen-bond acceptors (Lipinski definition) is 4. The second kappa shape index (κ2) is 9.41. The van der Waals surface area contributed by atoms with E-state index in [2.05, 4.69) is 5.32 Å². The van der Waals surface area contributed by atoms with Gasteiger partial charge in [-0.3, -0.25) is 4.79 Å². The van der Waals surface area contributed by atoms with Crippen molar-refractivity contribution in [2.24, 2.45) is 0 Å². The molecule has 2 aromatic carbocycles. The van der Waals surface area contributed by atoms with Crippen LogP contribution < -0.4 is 10.1 Å². The molecule has 0 saturated carbocycles. The fourth-order valence-corrected chi connectivity index (χ4v) is 4.90. The van der Waals surface area contributed by atoms with Gasteiger partial charge in [-0.2, -0.15) is 4.31 Å². The van der Waals surface area contributed by atoms with Crippen LogP contribution in [0, 0.1) is 6.92 Å². The zero-order valence-electron chi connectivity index (χ0n) is 16.9. The lowest BCUT2D eigenvalue weighted by atomic mass is 10.2. The van der Waals surface area contributed by atoms with Crippen molar-refractivity contribution in [1.82, 2.24) is 9.62 Å². The molecule has 1 atom stereocenters. The van der Waals surface area contributed by atoms with Crippen molar-refractivity contribution in [2.45, 2.75) is 44.0 Å². The maximum atomic E-state index is 12.8. The lowest BCUT2D eigenvalue weighted by molar-refractivity contribution is 0.0926. The maximum Gasteiger partial charge on any atom is 0.251 e. The van der Waals surface area contributed by atoms with Crippen molar-refractivity contribution in [3.63, 3.8) is 0 Å². The number of hydrogen-bond donors (Lipinski definition) is 1. The minimum atomic E-state index is -3.57. The molecule has 0 aromatic heterocycles. The number of nitrogens with zero attached hydrogens (tertiary/aromatic N) is 1. The van der Waals surface area contributed by atoms with E-state index >= 15 is 0 Å². The molecule has 1 fully saturated rings. The number of carbonyl (C=O) groups is 1. The normalized spacial score (nSPS) is 16.2. The Balaban J connectivity index is 1.63. The summed E-state index contributed by atoms with van der Waals surface area (Å²) >= 11 is 0. The van der Waals surface area contributed by atoms with Gasteiger partial charge in [-0.05, 0) is 56.5 Å². The molecule has 2 aromatic rings. The smallest absolute Gasteiger partial charge is 0.251 e. The fourth-order valence-electron chi connectivity index (χ4n) is 3.33. The van der Waals surface area contributed by atoms with Crippen molar-refractivity contribution in [2.75, 3.05) is 19.7 Å². The van der Waals surface area contributed by atoms with Crippen LogP contribution in [0.1, 0.15) is 42.1 Å². The molecule has 7 heteroatoms. The molecule has 29 heavy (non-hydrogen) atoms. The van der Waals surface area contributed by atoms with E-state index in [4.69, 9.17) is 4.74 Å². The van der Waals surface area contributed by atoms with E-state index in [1.165, 1.54) is 10.4 Å². The minimum Gasteiger partial charge on any atom is -0.491 e. The molecule has 1 amide bonds. The topological polar surface area (TPSA) is 75.7 Å². The Hall–Kier alpha value is -2.38. The summed E-state index contributed by atoms with van der Waals surface area (Å²) in [5, 5.41) is 2.87. The summed E-state index contributed by atoms with van der Waals surface area (Å²) in [5.41, 5.74) is 1.35. The summed E-state index contributed by atoms with van der Waals surface area (Å²) in [5.74, 6) is 0.463. The van der Waals surface area contributed by atoms with Crippen LogP contribution in [0.15, 0.2) is 53.4 Å². The summed E-state index contributed by atoms with van der Waals surface area (Å²) in [6, 6.07) is 13.7. The van der Waals surface area contributed by atoms with Crippen molar-refractivity contribution >= 4 is 15.9 Å². The molecule has 0 aliphatic carbocycles. The third-order valence-electron chi connectivity index (χ3n) is 5.01. The first-order valence-corrected chi connectivity index (χ1v) is 11.4. The first kappa shape index (κ1) is 21.3. The number of rotatable bonds is 7. The van der Waals surface area contributed by atoms with Crippen LogP contribution in [0.4, 0.5) is 0 Å². The molecule has 1 heterocycles.